The molecule has 2 rings (SSSR count). The molecule has 0 aliphatic heterocycles. The molecule has 1 N–H and O–H groups in total. The van der Waals surface area contributed by atoms with Crippen molar-refractivity contribution in [2.75, 3.05) is 13.1 Å². The van der Waals surface area contributed by atoms with Gasteiger partial charge in [0.15, 0.2) is 0 Å². The quantitative estimate of drug-likeness (QED) is 0.789. The molecule has 0 fully saturated rings. The molecule has 114 valence electrons. The van der Waals surface area contributed by atoms with Crippen LogP contribution in [-0.4, -0.2) is 22.6 Å². The van der Waals surface area contributed by atoms with E-state index in [2.05, 4.69) is 69.0 Å². The van der Waals surface area contributed by atoms with Crippen molar-refractivity contribution in [2.45, 2.75) is 26.2 Å². The number of rotatable bonds is 8. The minimum Gasteiger partial charge on any atom is -0.338 e. The van der Waals surface area contributed by atoms with Crippen molar-refractivity contribution in [3.63, 3.8) is 0 Å². The summed E-state index contributed by atoms with van der Waals surface area (Å²) in [5.41, 5.74) is 1.40. The molecule has 21 heavy (non-hydrogen) atoms. The van der Waals surface area contributed by atoms with Crippen LogP contribution in [0.1, 0.15) is 24.7 Å². The van der Waals surface area contributed by atoms with Crippen LogP contribution in [0.15, 0.2) is 41.1 Å². The van der Waals surface area contributed by atoms with Gasteiger partial charge in [0.05, 0.1) is 0 Å². The second-order valence-electron chi connectivity index (χ2n) is 5.50. The Hall–Kier alpha value is -1.13. The SMILES string of the molecule is CCNCC(CCc1nccn1C)Cc1cccc(Br)c1. The summed E-state index contributed by atoms with van der Waals surface area (Å²) in [5, 5.41) is 3.49. The van der Waals surface area contributed by atoms with Gasteiger partial charge in [-0.05, 0) is 49.5 Å². The van der Waals surface area contributed by atoms with E-state index in [-0.39, 0.29) is 0 Å². The van der Waals surface area contributed by atoms with Gasteiger partial charge in [-0.15, -0.1) is 0 Å². The first-order valence-corrected chi connectivity index (χ1v) is 8.39. The summed E-state index contributed by atoms with van der Waals surface area (Å²) in [7, 11) is 2.07. The lowest BCUT2D eigenvalue weighted by atomic mass is 9.94. The molecule has 0 saturated heterocycles. The van der Waals surface area contributed by atoms with Crippen LogP contribution in [0, 0.1) is 5.92 Å². The number of halogens is 1. The van der Waals surface area contributed by atoms with Gasteiger partial charge in [0.2, 0.25) is 0 Å². The molecule has 0 amide bonds. The van der Waals surface area contributed by atoms with Crippen molar-refractivity contribution in [1.82, 2.24) is 14.9 Å². The Morgan fingerprint density at radius 2 is 2.24 bits per heavy atom. The van der Waals surface area contributed by atoms with E-state index in [9.17, 15) is 0 Å². The van der Waals surface area contributed by atoms with Crippen LogP contribution in [-0.2, 0) is 19.9 Å². The van der Waals surface area contributed by atoms with Crippen molar-refractivity contribution in [3.8, 4) is 0 Å². The number of aromatic nitrogens is 2. The van der Waals surface area contributed by atoms with Crippen molar-refractivity contribution >= 4 is 15.9 Å². The molecule has 0 bridgehead atoms. The molecule has 2 aromatic rings. The van der Waals surface area contributed by atoms with E-state index in [1.165, 1.54) is 11.4 Å². The summed E-state index contributed by atoms with van der Waals surface area (Å²) < 4.78 is 3.27. The summed E-state index contributed by atoms with van der Waals surface area (Å²) in [6.45, 7) is 4.25. The first-order chi connectivity index (χ1) is 10.2. The maximum Gasteiger partial charge on any atom is 0.108 e. The lowest BCUT2D eigenvalue weighted by molar-refractivity contribution is 0.443. The molecule has 0 radical (unpaired) electrons. The van der Waals surface area contributed by atoms with Gasteiger partial charge < -0.3 is 9.88 Å². The van der Waals surface area contributed by atoms with Crippen LogP contribution < -0.4 is 5.32 Å². The Morgan fingerprint density at radius 1 is 1.38 bits per heavy atom. The number of hydrogen-bond donors (Lipinski definition) is 1. The van der Waals surface area contributed by atoms with E-state index in [1.807, 2.05) is 12.4 Å². The Labute approximate surface area is 135 Å². The summed E-state index contributed by atoms with van der Waals surface area (Å²) >= 11 is 3.56. The normalized spacial score (nSPS) is 12.5. The van der Waals surface area contributed by atoms with Gasteiger partial charge in [-0.25, -0.2) is 4.98 Å². The number of aryl methyl sites for hydroxylation is 2. The Kier molecular flexibility index (Phi) is 6.46. The van der Waals surface area contributed by atoms with Crippen LogP contribution >= 0.6 is 15.9 Å². The second-order valence-corrected chi connectivity index (χ2v) is 6.42. The lowest BCUT2D eigenvalue weighted by Crippen LogP contribution is -2.24. The lowest BCUT2D eigenvalue weighted by Gasteiger charge is -2.17. The van der Waals surface area contributed by atoms with Crippen LogP contribution in [0.5, 0.6) is 0 Å². The van der Waals surface area contributed by atoms with E-state index in [4.69, 9.17) is 0 Å². The number of nitrogens with zero attached hydrogens (tertiary/aromatic N) is 2. The van der Waals surface area contributed by atoms with E-state index in [0.717, 1.165) is 36.8 Å². The highest BCUT2D eigenvalue weighted by molar-refractivity contribution is 9.10. The molecule has 1 aromatic carbocycles. The minimum atomic E-state index is 0.635. The summed E-state index contributed by atoms with van der Waals surface area (Å²) in [5.74, 6) is 1.81. The van der Waals surface area contributed by atoms with E-state index >= 15 is 0 Å². The zero-order valence-corrected chi connectivity index (χ0v) is 14.4. The largest absolute Gasteiger partial charge is 0.338 e. The molecule has 1 atom stereocenters. The molecular weight excluding hydrogens is 326 g/mol. The first-order valence-electron chi connectivity index (χ1n) is 7.60. The van der Waals surface area contributed by atoms with Gasteiger partial charge in [0.1, 0.15) is 5.82 Å². The number of benzene rings is 1. The number of nitrogens with one attached hydrogen (secondary N) is 1. The topological polar surface area (TPSA) is 29.9 Å². The predicted molar refractivity (Wildman–Crippen MR) is 91.4 cm³/mol. The average molecular weight is 350 g/mol. The molecule has 3 nitrogen and oxygen atoms in total. The van der Waals surface area contributed by atoms with Crippen molar-refractivity contribution in [1.29, 1.82) is 0 Å². The van der Waals surface area contributed by atoms with Gasteiger partial charge >= 0.3 is 0 Å². The zero-order valence-electron chi connectivity index (χ0n) is 12.8. The average Bonchev–Trinajstić information content (AvgIpc) is 2.87. The van der Waals surface area contributed by atoms with Gasteiger partial charge in [-0.3, -0.25) is 0 Å². The molecule has 1 aromatic heterocycles. The molecule has 0 aliphatic rings. The van der Waals surface area contributed by atoms with Crippen LogP contribution in [0.2, 0.25) is 0 Å². The Balaban J connectivity index is 1.95. The third-order valence-electron chi connectivity index (χ3n) is 3.79. The number of imidazole rings is 1. The zero-order chi connectivity index (χ0) is 15.1. The van der Waals surface area contributed by atoms with Crippen LogP contribution in [0.25, 0.3) is 0 Å². The van der Waals surface area contributed by atoms with Gasteiger partial charge in [-0.1, -0.05) is 35.0 Å². The van der Waals surface area contributed by atoms with E-state index < -0.39 is 0 Å². The molecule has 0 spiro atoms. The Morgan fingerprint density at radius 3 is 2.90 bits per heavy atom. The molecule has 1 unspecified atom stereocenters. The third-order valence-corrected chi connectivity index (χ3v) is 4.29. The summed E-state index contributed by atoms with van der Waals surface area (Å²) in [4.78, 5) is 4.42. The summed E-state index contributed by atoms with van der Waals surface area (Å²) in [6, 6.07) is 8.63. The van der Waals surface area contributed by atoms with Crippen LogP contribution in [0.4, 0.5) is 0 Å². The highest BCUT2D eigenvalue weighted by Gasteiger charge is 2.11. The van der Waals surface area contributed by atoms with Gasteiger partial charge in [-0.2, -0.15) is 0 Å². The van der Waals surface area contributed by atoms with E-state index in [1.54, 1.807) is 0 Å². The third kappa shape index (κ3) is 5.29. The molecule has 4 heteroatoms. The van der Waals surface area contributed by atoms with Crippen molar-refractivity contribution in [2.24, 2.45) is 13.0 Å². The predicted octanol–water partition coefficient (Wildman–Crippen LogP) is 3.58. The monoisotopic (exact) mass is 349 g/mol. The number of hydrogen-bond acceptors (Lipinski definition) is 2. The van der Waals surface area contributed by atoms with Gasteiger partial charge in [0.25, 0.3) is 0 Å². The highest BCUT2D eigenvalue weighted by atomic mass is 79.9. The van der Waals surface area contributed by atoms with Crippen LogP contribution in [0.3, 0.4) is 0 Å². The maximum atomic E-state index is 4.42. The highest BCUT2D eigenvalue weighted by Crippen LogP contribution is 2.18. The summed E-state index contributed by atoms with van der Waals surface area (Å²) in [6.07, 6.45) is 7.20. The smallest absolute Gasteiger partial charge is 0.108 e. The molecule has 0 aliphatic carbocycles. The molecule has 1 heterocycles. The van der Waals surface area contributed by atoms with Gasteiger partial charge in [0, 0.05) is 30.3 Å². The second kappa shape index (κ2) is 8.35. The molecule has 0 saturated carbocycles. The first kappa shape index (κ1) is 16.2. The standard InChI is InChI=1S/C17H24BrN3/c1-3-19-13-15(7-8-17-20-9-10-21(17)2)11-14-5-4-6-16(18)12-14/h4-6,9-10,12,15,19H,3,7-8,11,13H2,1-2H3. The maximum absolute atomic E-state index is 4.42. The van der Waals surface area contributed by atoms with Crippen molar-refractivity contribution < 1.29 is 0 Å². The fourth-order valence-corrected chi connectivity index (χ4v) is 3.04. The fraction of sp³-hybridized carbons (Fsp3) is 0.471. The Bertz CT molecular complexity index is 550. The van der Waals surface area contributed by atoms with Crippen molar-refractivity contribution in [3.05, 3.63) is 52.5 Å². The van der Waals surface area contributed by atoms with E-state index in [0.29, 0.717) is 5.92 Å². The minimum absolute atomic E-state index is 0.635. The fourth-order valence-electron chi connectivity index (χ4n) is 2.59. The molecular formula is C17H24BrN3.